The molecular weight excluding hydrogens is 168 g/mol. The van der Waals surface area contributed by atoms with Gasteiger partial charge in [-0.05, 0) is 12.1 Å². The molecule has 0 radical (unpaired) electrons. The van der Waals surface area contributed by atoms with E-state index in [0.717, 1.165) is 0 Å². The maximum absolute atomic E-state index is 10.8. The van der Waals surface area contributed by atoms with E-state index in [0.29, 0.717) is 17.9 Å². The Balaban J connectivity index is 2.59. The van der Waals surface area contributed by atoms with Crippen LogP contribution in [0.2, 0.25) is 0 Å². The van der Waals surface area contributed by atoms with Crippen molar-refractivity contribution in [3.05, 3.63) is 23.8 Å². The number of nitrogens with zero attached hydrogens (tertiary/aromatic N) is 1. The van der Waals surface area contributed by atoms with Gasteiger partial charge in [-0.2, -0.15) is 0 Å². The zero-order valence-electron chi connectivity index (χ0n) is 6.82. The molecule has 2 N–H and O–H groups in total. The van der Waals surface area contributed by atoms with Gasteiger partial charge in [0.05, 0.1) is 23.5 Å². The third kappa shape index (κ3) is 1.26. The van der Waals surface area contributed by atoms with Crippen LogP contribution in [-0.2, 0) is 0 Å². The van der Waals surface area contributed by atoms with E-state index >= 15 is 0 Å². The predicted molar refractivity (Wildman–Crippen MR) is 50.0 cm³/mol. The molecule has 1 aliphatic rings. The summed E-state index contributed by atoms with van der Waals surface area (Å²) in [5, 5.41) is 11.8. The lowest BCUT2D eigenvalue weighted by molar-refractivity contribution is 0.0698. The number of rotatable bonds is 1. The maximum atomic E-state index is 10.8. The minimum atomic E-state index is -0.929. The van der Waals surface area contributed by atoms with E-state index in [2.05, 4.69) is 10.3 Å². The first-order valence-corrected chi connectivity index (χ1v) is 3.92. The second-order valence-corrected chi connectivity index (χ2v) is 2.70. The molecular formula is C9H8N2O2. The van der Waals surface area contributed by atoms with Gasteiger partial charge in [0, 0.05) is 6.21 Å². The minimum absolute atomic E-state index is 0.273. The Bertz CT molecular complexity index is 385. The van der Waals surface area contributed by atoms with Crippen molar-refractivity contribution < 1.29 is 9.90 Å². The number of carbonyl (C=O) groups is 1. The fourth-order valence-corrected chi connectivity index (χ4v) is 1.30. The van der Waals surface area contributed by atoms with Gasteiger partial charge in [-0.3, -0.25) is 4.99 Å². The lowest BCUT2D eigenvalue weighted by atomic mass is 10.1. The van der Waals surface area contributed by atoms with Gasteiger partial charge in [-0.1, -0.05) is 6.07 Å². The molecule has 0 unspecified atom stereocenters. The Morgan fingerprint density at radius 2 is 2.38 bits per heavy atom. The van der Waals surface area contributed by atoms with E-state index in [-0.39, 0.29) is 5.56 Å². The second kappa shape index (κ2) is 2.90. The first-order valence-electron chi connectivity index (χ1n) is 3.92. The van der Waals surface area contributed by atoms with Gasteiger partial charge in [0.1, 0.15) is 0 Å². The van der Waals surface area contributed by atoms with Gasteiger partial charge < -0.3 is 10.4 Å². The molecule has 1 aliphatic heterocycles. The van der Waals surface area contributed by atoms with Gasteiger partial charge >= 0.3 is 5.97 Å². The minimum Gasteiger partial charge on any atom is -0.478 e. The average molecular weight is 176 g/mol. The summed E-state index contributed by atoms with van der Waals surface area (Å²) in [6.45, 7) is 0.581. The van der Waals surface area contributed by atoms with E-state index in [1.165, 1.54) is 0 Å². The molecule has 0 bridgehead atoms. The molecule has 66 valence electrons. The molecule has 0 aromatic heterocycles. The van der Waals surface area contributed by atoms with Crippen LogP contribution < -0.4 is 5.32 Å². The van der Waals surface area contributed by atoms with Crippen LogP contribution in [0, 0.1) is 0 Å². The highest BCUT2D eigenvalue weighted by Gasteiger charge is 2.14. The van der Waals surface area contributed by atoms with Gasteiger partial charge in [-0.15, -0.1) is 0 Å². The van der Waals surface area contributed by atoms with Crippen molar-refractivity contribution in [3.63, 3.8) is 0 Å². The lowest BCUT2D eigenvalue weighted by Gasteiger charge is -2.13. The molecule has 1 aromatic rings. The van der Waals surface area contributed by atoms with Gasteiger partial charge in [-0.25, -0.2) is 4.79 Å². The van der Waals surface area contributed by atoms with Crippen molar-refractivity contribution in [2.24, 2.45) is 4.99 Å². The van der Waals surface area contributed by atoms with E-state index in [1.54, 1.807) is 24.4 Å². The molecule has 1 aromatic carbocycles. The molecule has 0 amide bonds. The second-order valence-electron chi connectivity index (χ2n) is 2.70. The third-order valence-corrected chi connectivity index (χ3v) is 1.87. The molecule has 1 heterocycles. The fraction of sp³-hybridized carbons (Fsp3) is 0.111. The number of hydrogen-bond donors (Lipinski definition) is 2. The zero-order valence-corrected chi connectivity index (χ0v) is 6.82. The molecule has 4 heteroatoms. The van der Waals surface area contributed by atoms with E-state index in [4.69, 9.17) is 5.11 Å². The number of nitrogens with one attached hydrogen (secondary N) is 1. The molecule has 0 saturated carbocycles. The number of aliphatic imine (C=N–C) groups is 1. The Labute approximate surface area is 74.9 Å². The molecule has 0 atom stereocenters. The van der Waals surface area contributed by atoms with E-state index < -0.39 is 5.97 Å². The number of carboxylic acids is 1. The smallest absolute Gasteiger partial charge is 0.337 e. The first-order chi connectivity index (χ1) is 6.29. The van der Waals surface area contributed by atoms with Crippen LogP contribution in [0.3, 0.4) is 0 Å². The van der Waals surface area contributed by atoms with Crippen molar-refractivity contribution in [1.82, 2.24) is 0 Å². The Morgan fingerprint density at radius 1 is 1.54 bits per heavy atom. The number of anilines is 1. The summed E-state index contributed by atoms with van der Waals surface area (Å²) in [5.74, 6) is -0.929. The van der Waals surface area contributed by atoms with Gasteiger partial charge in [0.2, 0.25) is 0 Å². The highest BCUT2D eigenvalue weighted by Crippen LogP contribution is 2.30. The van der Waals surface area contributed by atoms with Crippen molar-refractivity contribution in [2.75, 3.05) is 11.9 Å². The largest absolute Gasteiger partial charge is 0.478 e. The topological polar surface area (TPSA) is 61.7 Å². The summed E-state index contributed by atoms with van der Waals surface area (Å²) in [6.07, 6.45) is 1.72. The van der Waals surface area contributed by atoms with Crippen LogP contribution in [0.1, 0.15) is 10.4 Å². The number of fused-ring (bicyclic) bond motifs is 1. The Kier molecular flexibility index (Phi) is 1.73. The molecule has 2 rings (SSSR count). The van der Waals surface area contributed by atoms with Gasteiger partial charge in [0.25, 0.3) is 0 Å². The quantitative estimate of drug-likeness (QED) is 0.681. The highest BCUT2D eigenvalue weighted by molar-refractivity contribution is 5.99. The van der Waals surface area contributed by atoms with Crippen LogP contribution in [0.15, 0.2) is 23.2 Å². The van der Waals surface area contributed by atoms with Crippen LogP contribution in [0.4, 0.5) is 11.4 Å². The maximum Gasteiger partial charge on any atom is 0.337 e. The van der Waals surface area contributed by atoms with Crippen molar-refractivity contribution in [1.29, 1.82) is 0 Å². The summed E-state index contributed by atoms with van der Waals surface area (Å²) in [6, 6.07) is 5.03. The highest BCUT2D eigenvalue weighted by atomic mass is 16.4. The first kappa shape index (κ1) is 7.79. The van der Waals surface area contributed by atoms with Gasteiger partial charge in [0.15, 0.2) is 0 Å². The van der Waals surface area contributed by atoms with Crippen LogP contribution >= 0.6 is 0 Å². The predicted octanol–water partition coefficient (Wildman–Crippen LogP) is 1.51. The standard InChI is InChI=1S/C9H8N2O2/c12-9(13)6-2-1-3-7-8(6)11-5-4-10-7/h1-4,11H,5H2,(H,12,13). The number of aromatic carboxylic acids is 1. The van der Waals surface area contributed by atoms with Crippen LogP contribution in [0.25, 0.3) is 0 Å². The molecule has 0 spiro atoms. The summed E-state index contributed by atoms with van der Waals surface area (Å²) in [7, 11) is 0. The van der Waals surface area contributed by atoms with E-state index in [1.807, 2.05) is 0 Å². The van der Waals surface area contributed by atoms with E-state index in [9.17, 15) is 4.79 Å². The monoisotopic (exact) mass is 176 g/mol. The number of benzene rings is 1. The number of carboxylic acid groups (broad SMARTS) is 1. The zero-order chi connectivity index (χ0) is 9.26. The third-order valence-electron chi connectivity index (χ3n) is 1.87. The molecule has 13 heavy (non-hydrogen) atoms. The normalized spacial score (nSPS) is 13.2. The van der Waals surface area contributed by atoms with Crippen molar-refractivity contribution in [3.8, 4) is 0 Å². The molecule has 0 aliphatic carbocycles. The Morgan fingerprint density at radius 3 is 3.15 bits per heavy atom. The summed E-state index contributed by atoms with van der Waals surface area (Å²) >= 11 is 0. The summed E-state index contributed by atoms with van der Waals surface area (Å²) in [4.78, 5) is 14.9. The number of para-hydroxylation sites is 1. The molecule has 0 saturated heterocycles. The summed E-state index contributed by atoms with van der Waals surface area (Å²) in [5.41, 5.74) is 1.57. The summed E-state index contributed by atoms with van der Waals surface area (Å²) < 4.78 is 0. The fourth-order valence-electron chi connectivity index (χ4n) is 1.30. The van der Waals surface area contributed by atoms with Crippen LogP contribution in [-0.4, -0.2) is 23.8 Å². The Hall–Kier alpha value is -1.84. The molecule has 4 nitrogen and oxygen atoms in total. The van der Waals surface area contributed by atoms with Crippen molar-refractivity contribution >= 4 is 23.6 Å². The van der Waals surface area contributed by atoms with Crippen LogP contribution in [0.5, 0.6) is 0 Å². The lowest BCUT2D eigenvalue weighted by Crippen LogP contribution is -2.11. The molecule has 0 fully saturated rings. The van der Waals surface area contributed by atoms with Crippen molar-refractivity contribution in [2.45, 2.75) is 0 Å². The number of hydrogen-bond acceptors (Lipinski definition) is 3. The SMILES string of the molecule is O=C(O)c1cccc2c1NCC=N2. The average Bonchev–Trinajstić information content (AvgIpc) is 2.17.